The van der Waals surface area contributed by atoms with E-state index in [1.807, 2.05) is 0 Å². The van der Waals surface area contributed by atoms with Crippen molar-refractivity contribution in [3.63, 3.8) is 0 Å². The van der Waals surface area contributed by atoms with Gasteiger partial charge in [-0.15, -0.1) is 0 Å². The molecular weight excluding hydrogens is 376 g/mol. The van der Waals surface area contributed by atoms with Crippen molar-refractivity contribution in [2.45, 2.75) is 18.7 Å². The number of anilines is 1. The van der Waals surface area contributed by atoms with Crippen molar-refractivity contribution in [2.24, 2.45) is 0 Å². The summed E-state index contributed by atoms with van der Waals surface area (Å²) in [5.41, 5.74) is -0.0636. The number of sulfonamides is 1. The molecular formula is C17H24N2O7S. The lowest BCUT2D eigenvalue weighted by atomic mass is 10.2. The average molecular weight is 400 g/mol. The number of ether oxygens (including phenoxy) is 3. The first-order valence-corrected chi connectivity index (χ1v) is 9.52. The summed E-state index contributed by atoms with van der Waals surface area (Å²) in [5.74, 6) is -1.35. The Morgan fingerprint density at radius 3 is 2.22 bits per heavy atom. The fraction of sp³-hybridized carbons (Fsp3) is 0.412. The lowest BCUT2D eigenvalue weighted by molar-refractivity contribution is -0.138. The molecule has 0 aliphatic rings. The standard InChI is InChI=1S/C17H24N2O7S/c1-6-19(7-2)27(22,23)12-8-9-15(24-3)13(10-12)18-14(17(21)26-5)11-16(20)25-4/h8-11,18H,6-7H2,1-5H3/b14-11+. The maximum absolute atomic E-state index is 12.7. The van der Waals surface area contributed by atoms with E-state index in [2.05, 4.69) is 14.8 Å². The van der Waals surface area contributed by atoms with Gasteiger partial charge in [0.1, 0.15) is 11.4 Å². The highest BCUT2D eigenvalue weighted by Crippen LogP contribution is 2.30. The zero-order valence-corrected chi connectivity index (χ0v) is 16.8. The van der Waals surface area contributed by atoms with Crippen LogP contribution in [0.5, 0.6) is 5.75 Å². The van der Waals surface area contributed by atoms with E-state index in [0.717, 1.165) is 20.3 Å². The maximum atomic E-state index is 12.7. The molecule has 0 heterocycles. The van der Waals surface area contributed by atoms with E-state index in [4.69, 9.17) is 4.74 Å². The Bertz CT molecular complexity index is 815. The van der Waals surface area contributed by atoms with Gasteiger partial charge in [-0.3, -0.25) is 0 Å². The summed E-state index contributed by atoms with van der Waals surface area (Å²) >= 11 is 0. The Labute approximate surface area is 158 Å². The highest BCUT2D eigenvalue weighted by molar-refractivity contribution is 7.89. The molecule has 27 heavy (non-hydrogen) atoms. The van der Waals surface area contributed by atoms with Crippen LogP contribution in [0.15, 0.2) is 34.9 Å². The van der Waals surface area contributed by atoms with E-state index in [1.54, 1.807) is 13.8 Å². The van der Waals surface area contributed by atoms with Gasteiger partial charge in [-0.25, -0.2) is 18.0 Å². The number of nitrogens with zero attached hydrogens (tertiary/aromatic N) is 1. The van der Waals surface area contributed by atoms with Crippen molar-refractivity contribution < 1.29 is 32.2 Å². The van der Waals surface area contributed by atoms with E-state index < -0.39 is 22.0 Å². The van der Waals surface area contributed by atoms with Crippen LogP contribution >= 0.6 is 0 Å². The Morgan fingerprint density at radius 2 is 1.74 bits per heavy atom. The second kappa shape index (κ2) is 9.93. The third kappa shape index (κ3) is 5.44. The fourth-order valence-corrected chi connectivity index (χ4v) is 3.72. The fourth-order valence-electron chi connectivity index (χ4n) is 2.24. The van der Waals surface area contributed by atoms with E-state index >= 15 is 0 Å². The Kier molecular flexibility index (Phi) is 8.26. The van der Waals surface area contributed by atoms with Crippen LogP contribution < -0.4 is 10.1 Å². The molecule has 10 heteroatoms. The van der Waals surface area contributed by atoms with Crippen LogP contribution in [-0.2, 0) is 29.1 Å². The number of nitrogens with one attached hydrogen (secondary N) is 1. The van der Waals surface area contributed by atoms with Gasteiger partial charge in [0.25, 0.3) is 0 Å². The highest BCUT2D eigenvalue weighted by atomic mass is 32.2. The third-order valence-corrected chi connectivity index (χ3v) is 5.70. The van der Waals surface area contributed by atoms with Crippen LogP contribution in [0.25, 0.3) is 0 Å². The molecule has 1 N–H and O–H groups in total. The van der Waals surface area contributed by atoms with Crippen LogP contribution in [0.3, 0.4) is 0 Å². The first-order chi connectivity index (χ1) is 12.7. The predicted molar refractivity (Wildman–Crippen MR) is 98.8 cm³/mol. The maximum Gasteiger partial charge on any atom is 0.354 e. The molecule has 9 nitrogen and oxygen atoms in total. The molecule has 0 spiro atoms. The van der Waals surface area contributed by atoms with E-state index in [1.165, 1.54) is 29.6 Å². The van der Waals surface area contributed by atoms with Crippen molar-refractivity contribution in [3.05, 3.63) is 30.0 Å². The number of carbonyl (C=O) groups is 2. The summed E-state index contributed by atoms with van der Waals surface area (Å²) in [5, 5.41) is 2.68. The molecule has 0 saturated heterocycles. The second-order valence-electron chi connectivity index (χ2n) is 5.15. The first-order valence-electron chi connectivity index (χ1n) is 8.08. The number of hydrogen-bond donors (Lipinski definition) is 1. The van der Waals surface area contributed by atoms with Crippen molar-refractivity contribution in [1.82, 2.24) is 4.31 Å². The van der Waals surface area contributed by atoms with Gasteiger partial charge < -0.3 is 19.5 Å². The van der Waals surface area contributed by atoms with Crippen LogP contribution in [0.1, 0.15) is 13.8 Å². The van der Waals surface area contributed by atoms with Crippen molar-refractivity contribution in [1.29, 1.82) is 0 Å². The van der Waals surface area contributed by atoms with Gasteiger partial charge in [-0.2, -0.15) is 4.31 Å². The van der Waals surface area contributed by atoms with Gasteiger partial charge in [0.15, 0.2) is 0 Å². The number of rotatable bonds is 9. The number of methoxy groups -OCH3 is 3. The molecule has 0 aliphatic heterocycles. The summed E-state index contributed by atoms with van der Waals surface area (Å²) in [6, 6.07) is 4.17. The smallest absolute Gasteiger partial charge is 0.354 e. The molecule has 0 bridgehead atoms. The van der Waals surface area contributed by atoms with Crippen LogP contribution in [0.4, 0.5) is 5.69 Å². The number of esters is 2. The quantitative estimate of drug-likeness (QED) is 0.489. The van der Waals surface area contributed by atoms with Crippen molar-refractivity contribution >= 4 is 27.6 Å². The zero-order chi connectivity index (χ0) is 20.6. The number of hydrogen-bond acceptors (Lipinski definition) is 8. The van der Waals surface area contributed by atoms with Gasteiger partial charge in [0.2, 0.25) is 10.0 Å². The Balaban J connectivity index is 3.43. The average Bonchev–Trinajstić information content (AvgIpc) is 2.67. The number of carbonyl (C=O) groups excluding carboxylic acids is 2. The molecule has 1 aromatic rings. The van der Waals surface area contributed by atoms with Crippen molar-refractivity contribution in [3.8, 4) is 5.75 Å². The van der Waals surface area contributed by atoms with Gasteiger partial charge >= 0.3 is 11.9 Å². The van der Waals surface area contributed by atoms with Crippen LogP contribution in [-0.4, -0.2) is 59.1 Å². The van der Waals surface area contributed by atoms with Gasteiger partial charge in [0, 0.05) is 13.1 Å². The van der Waals surface area contributed by atoms with E-state index in [0.29, 0.717) is 13.1 Å². The summed E-state index contributed by atoms with van der Waals surface area (Å²) in [6.45, 7) is 4.09. The molecule has 0 unspecified atom stereocenters. The minimum atomic E-state index is -3.73. The monoisotopic (exact) mass is 400 g/mol. The third-order valence-electron chi connectivity index (χ3n) is 3.65. The molecule has 1 rings (SSSR count). The summed E-state index contributed by atoms with van der Waals surface area (Å²) in [6.07, 6.45) is 0.900. The Morgan fingerprint density at radius 1 is 1.11 bits per heavy atom. The molecule has 0 aliphatic carbocycles. The van der Waals surface area contributed by atoms with Crippen molar-refractivity contribution in [2.75, 3.05) is 39.7 Å². The normalized spacial score (nSPS) is 11.9. The summed E-state index contributed by atoms with van der Waals surface area (Å²) < 4.78 is 41.1. The minimum absolute atomic E-state index is 0.0109. The SMILES string of the molecule is CCN(CC)S(=O)(=O)c1ccc(OC)c(N/C(=C/C(=O)OC)C(=O)OC)c1. The van der Waals surface area contributed by atoms with Crippen LogP contribution in [0.2, 0.25) is 0 Å². The minimum Gasteiger partial charge on any atom is -0.495 e. The second-order valence-corrected chi connectivity index (χ2v) is 7.09. The molecule has 0 aromatic heterocycles. The topological polar surface area (TPSA) is 111 Å². The predicted octanol–water partition coefficient (Wildman–Crippen LogP) is 1.37. The lowest BCUT2D eigenvalue weighted by Crippen LogP contribution is -2.30. The first kappa shape index (κ1) is 22.5. The molecule has 0 radical (unpaired) electrons. The highest BCUT2D eigenvalue weighted by Gasteiger charge is 2.24. The molecule has 0 atom stereocenters. The summed E-state index contributed by atoms with van der Waals surface area (Å²) in [4.78, 5) is 23.4. The zero-order valence-electron chi connectivity index (χ0n) is 15.9. The van der Waals surface area contributed by atoms with Gasteiger partial charge in [-0.05, 0) is 18.2 Å². The van der Waals surface area contributed by atoms with Crippen LogP contribution in [0, 0.1) is 0 Å². The van der Waals surface area contributed by atoms with Gasteiger partial charge in [-0.1, -0.05) is 13.8 Å². The molecule has 1 aromatic carbocycles. The lowest BCUT2D eigenvalue weighted by Gasteiger charge is -2.20. The number of benzene rings is 1. The van der Waals surface area contributed by atoms with Gasteiger partial charge in [0.05, 0.1) is 38.0 Å². The molecule has 0 amide bonds. The molecule has 0 fully saturated rings. The van der Waals surface area contributed by atoms with E-state index in [-0.39, 0.29) is 22.0 Å². The van der Waals surface area contributed by atoms with E-state index in [9.17, 15) is 18.0 Å². The summed E-state index contributed by atoms with van der Waals surface area (Å²) in [7, 11) is -0.0329. The largest absolute Gasteiger partial charge is 0.495 e. The Hall–Kier alpha value is -2.59. The molecule has 150 valence electrons. The molecule has 0 saturated carbocycles.